The molecule has 1 aromatic carbocycles. The number of nitrogens with zero attached hydrogens (tertiary/aromatic N) is 4. The second kappa shape index (κ2) is 8.45. The number of aromatic nitrogens is 3. The number of piperidine rings is 1. The summed E-state index contributed by atoms with van der Waals surface area (Å²) in [7, 11) is 0. The van der Waals surface area contributed by atoms with E-state index in [1.54, 1.807) is 11.8 Å². The minimum atomic E-state index is -0.888. The van der Waals surface area contributed by atoms with Crippen molar-refractivity contribution in [2.45, 2.75) is 51.6 Å². The molecule has 0 radical (unpaired) electrons. The topological polar surface area (TPSA) is 88.3 Å². The number of carboxylic acids is 1. The number of carbonyl (C=O) groups is 2. The number of amides is 1. The Balaban J connectivity index is 1.77. The van der Waals surface area contributed by atoms with E-state index in [0.717, 1.165) is 31.4 Å². The Morgan fingerprint density at radius 3 is 2.79 bits per heavy atom. The van der Waals surface area contributed by atoms with Crippen LogP contribution in [0, 0.1) is 18.6 Å². The standard InChI is InChI=1S/C19H22F2N4O3/c1-12-18(19(28)24-9-3-2-4-15(24)7-8-17(26)27)22-23-25(12)11-13-5-6-14(20)10-16(13)21/h5-6,10,15H,2-4,7-9,11H2,1H3,(H,26,27). The summed E-state index contributed by atoms with van der Waals surface area (Å²) in [6, 6.07) is 3.16. The first kappa shape index (κ1) is 19.9. The van der Waals surface area contributed by atoms with Crippen LogP contribution in [-0.4, -0.2) is 49.5 Å². The number of aliphatic carboxylic acids is 1. The van der Waals surface area contributed by atoms with Crippen molar-refractivity contribution in [1.29, 1.82) is 0 Å². The van der Waals surface area contributed by atoms with E-state index in [2.05, 4.69) is 10.3 Å². The van der Waals surface area contributed by atoms with Crippen molar-refractivity contribution in [1.82, 2.24) is 19.9 Å². The van der Waals surface area contributed by atoms with Gasteiger partial charge in [0.2, 0.25) is 0 Å². The highest BCUT2D eigenvalue weighted by Gasteiger charge is 2.30. The van der Waals surface area contributed by atoms with Crippen LogP contribution in [0.2, 0.25) is 0 Å². The third-order valence-electron chi connectivity index (χ3n) is 5.10. The molecule has 0 bridgehead atoms. The smallest absolute Gasteiger partial charge is 0.303 e. The molecule has 9 heteroatoms. The molecule has 1 aliphatic heterocycles. The third kappa shape index (κ3) is 4.35. The van der Waals surface area contributed by atoms with Crippen molar-refractivity contribution in [3.05, 3.63) is 46.8 Å². The minimum Gasteiger partial charge on any atom is -0.481 e. The van der Waals surface area contributed by atoms with Crippen molar-refractivity contribution in [2.24, 2.45) is 0 Å². The van der Waals surface area contributed by atoms with E-state index in [-0.39, 0.29) is 36.2 Å². The van der Waals surface area contributed by atoms with Crippen molar-refractivity contribution < 1.29 is 23.5 Å². The molecular formula is C19H22F2N4O3. The second-order valence-electron chi connectivity index (χ2n) is 7.00. The lowest BCUT2D eigenvalue weighted by Gasteiger charge is -2.35. The van der Waals surface area contributed by atoms with Gasteiger partial charge in [-0.2, -0.15) is 0 Å². The summed E-state index contributed by atoms with van der Waals surface area (Å²) >= 11 is 0. The maximum Gasteiger partial charge on any atom is 0.303 e. The number of carboxylic acid groups (broad SMARTS) is 1. The lowest BCUT2D eigenvalue weighted by molar-refractivity contribution is -0.137. The van der Waals surface area contributed by atoms with Crippen LogP contribution in [0.5, 0.6) is 0 Å². The molecule has 0 aliphatic carbocycles. The van der Waals surface area contributed by atoms with Gasteiger partial charge in [0.1, 0.15) is 11.6 Å². The molecule has 1 atom stereocenters. The fourth-order valence-corrected chi connectivity index (χ4v) is 3.51. The highest BCUT2D eigenvalue weighted by atomic mass is 19.1. The molecule has 28 heavy (non-hydrogen) atoms. The zero-order valence-electron chi connectivity index (χ0n) is 15.6. The molecule has 1 unspecified atom stereocenters. The summed E-state index contributed by atoms with van der Waals surface area (Å²) in [4.78, 5) is 25.5. The molecule has 2 aromatic rings. The highest BCUT2D eigenvalue weighted by molar-refractivity contribution is 5.93. The second-order valence-corrected chi connectivity index (χ2v) is 7.00. The van der Waals surface area contributed by atoms with Crippen LogP contribution in [0.15, 0.2) is 18.2 Å². The van der Waals surface area contributed by atoms with Crippen molar-refractivity contribution in [3.63, 3.8) is 0 Å². The van der Waals surface area contributed by atoms with Gasteiger partial charge in [-0.15, -0.1) is 5.10 Å². The van der Waals surface area contributed by atoms with Gasteiger partial charge in [0, 0.05) is 30.6 Å². The number of benzene rings is 1. The molecule has 3 rings (SSSR count). The number of carbonyl (C=O) groups excluding carboxylic acids is 1. The predicted molar refractivity (Wildman–Crippen MR) is 95.8 cm³/mol. The Kier molecular flexibility index (Phi) is 6.01. The quantitative estimate of drug-likeness (QED) is 0.817. The van der Waals surface area contributed by atoms with Crippen LogP contribution >= 0.6 is 0 Å². The Morgan fingerprint density at radius 2 is 2.07 bits per heavy atom. The van der Waals surface area contributed by atoms with Crippen molar-refractivity contribution in [3.8, 4) is 0 Å². The Hall–Kier alpha value is -2.84. The first-order valence-electron chi connectivity index (χ1n) is 9.23. The fourth-order valence-electron chi connectivity index (χ4n) is 3.51. The first-order valence-corrected chi connectivity index (χ1v) is 9.23. The third-order valence-corrected chi connectivity index (χ3v) is 5.10. The fraction of sp³-hybridized carbons (Fsp3) is 0.474. The molecule has 0 spiro atoms. The van der Waals surface area contributed by atoms with Gasteiger partial charge >= 0.3 is 5.97 Å². The predicted octanol–water partition coefficient (Wildman–Crippen LogP) is 2.77. The summed E-state index contributed by atoms with van der Waals surface area (Å²) in [5.74, 6) is -2.53. The van der Waals surface area contributed by atoms with Crippen LogP contribution in [-0.2, 0) is 11.3 Å². The van der Waals surface area contributed by atoms with Crippen LogP contribution in [0.1, 0.15) is 53.8 Å². The van der Waals surface area contributed by atoms with E-state index in [1.165, 1.54) is 10.7 Å². The molecule has 7 nitrogen and oxygen atoms in total. The van der Waals surface area contributed by atoms with Crippen LogP contribution in [0.4, 0.5) is 8.78 Å². The van der Waals surface area contributed by atoms with Crippen molar-refractivity contribution in [2.75, 3.05) is 6.54 Å². The molecule has 1 N–H and O–H groups in total. The Morgan fingerprint density at radius 1 is 1.29 bits per heavy atom. The van der Waals surface area contributed by atoms with E-state index in [0.29, 0.717) is 18.7 Å². The molecule has 1 amide bonds. The minimum absolute atomic E-state index is 0.00393. The number of likely N-dealkylation sites (tertiary alicyclic amines) is 1. The monoisotopic (exact) mass is 392 g/mol. The van der Waals surface area contributed by atoms with Gasteiger partial charge in [0.25, 0.3) is 5.91 Å². The maximum atomic E-state index is 13.9. The molecule has 150 valence electrons. The number of hydrogen-bond acceptors (Lipinski definition) is 4. The van der Waals surface area contributed by atoms with E-state index in [9.17, 15) is 18.4 Å². The number of hydrogen-bond donors (Lipinski definition) is 1. The first-order chi connectivity index (χ1) is 13.4. The summed E-state index contributed by atoms with van der Waals surface area (Å²) < 4.78 is 28.4. The van der Waals surface area contributed by atoms with E-state index in [4.69, 9.17) is 5.11 Å². The molecule has 1 aliphatic rings. The molecule has 0 saturated carbocycles. The molecular weight excluding hydrogens is 370 g/mol. The maximum absolute atomic E-state index is 13.9. The molecule has 1 saturated heterocycles. The zero-order chi connectivity index (χ0) is 20.3. The summed E-state index contributed by atoms with van der Waals surface area (Å²) in [6.45, 7) is 2.24. The largest absolute Gasteiger partial charge is 0.481 e. The van der Waals surface area contributed by atoms with Gasteiger partial charge in [-0.3, -0.25) is 9.59 Å². The normalized spacial score (nSPS) is 17.0. The summed E-state index contributed by atoms with van der Waals surface area (Å²) in [5, 5.41) is 16.9. The van der Waals surface area contributed by atoms with E-state index >= 15 is 0 Å². The van der Waals surface area contributed by atoms with Gasteiger partial charge in [-0.25, -0.2) is 13.5 Å². The summed E-state index contributed by atoms with van der Waals surface area (Å²) in [5.41, 5.74) is 0.895. The van der Waals surface area contributed by atoms with Crippen LogP contribution in [0.25, 0.3) is 0 Å². The van der Waals surface area contributed by atoms with Gasteiger partial charge in [-0.1, -0.05) is 11.3 Å². The summed E-state index contributed by atoms with van der Waals surface area (Å²) in [6.07, 6.45) is 2.96. The van der Waals surface area contributed by atoms with Gasteiger partial charge in [0.15, 0.2) is 5.69 Å². The zero-order valence-corrected chi connectivity index (χ0v) is 15.6. The lowest BCUT2D eigenvalue weighted by atomic mass is 9.97. The Labute approximate surface area is 161 Å². The molecule has 1 aromatic heterocycles. The van der Waals surface area contributed by atoms with Crippen LogP contribution in [0.3, 0.4) is 0 Å². The van der Waals surface area contributed by atoms with Crippen molar-refractivity contribution >= 4 is 11.9 Å². The lowest BCUT2D eigenvalue weighted by Crippen LogP contribution is -2.44. The van der Waals surface area contributed by atoms with Gasteiger partial charge in [0.05, 0.1) is 12.2 Å². The van der Waals surface area contributed by atoms with Crippen LogP contribution < -0.4 is 0 Å². The SMILES string of the molecule is Cc1c(C(=O)N2CCCCC2CCC(=O)O)nnn1Cc1ccc(F)cc1F. The number of rotatable bonds is 6. The average molecular weight is 392 g/mol. The Bertz CT molecular complexity index is 884. The average Bonchev–Trinajstić information content (AvgIpc) is 3.02. The van der Waals surface area contributed by atoms with E-state index in [1.807, 2.05) is 0 Å². The van der Waals surface area contributed by atoms with E-state index < -0.39 is 17.6 Å². The molecule has 2 heterocycles. The van der Waals surface area contributed by atoms with Gasteiger partial charge < -0.3 is 10.0 Å². The highest BCUT2D eigenvalue weighted by Crippen LogP contribution is 2.23. The van der Waals surface area contributed by atoms with Gasteiger partial charge in [-0.05, 0) is 38.7 Å². The molecule has 1 fully saturated rings. The number of halogens is 2.